The monoisotopic (exact) mass is 290 g/mol. The minimum atomic E-state index is 0.106. The van der Waals surface area contributed by atoms with Crippen LogP contribution in [0.3, 0.4) is 0 Å². The molecule has 2 rings (SSSR count). The number of methoxy groups -OCH3 is 3. The Bertz CT molecular complexity index is 603. The molecule has 1 aromatic heterocycles. The third-order valence-corrected chi connectivity index (χ3v) is 2.63. The maximum Gasteiger partial charge on any atom is 0.321 e. The van der Waals surface area contributed by atoms with Gasteiger partial charge in [-0.25, -0.2) is 9.97 Å². The van der Waals surface area contributed by atoms with E-state index in [9.17, 15) is 4.79 Å². The molecule has 110 valence electrons. The number of aromatic nitrogens is 2. The fourth-order valence-corrected chi connectivity index (χ4v) is 1.66. The Hall–Kier alpha value is -2.83. The van der Waals surface area contributed by atoms with Gasteiger partial charge in [-0.2, -0.15) is 0 Å². The number of nitrogens with zero attached hydrogens (tertiary/aromatic N) is 2. The first-order valence-corrected chi connectivity index (χ1v) is 5.97. The zero-order valence-corrected chi connectivity index (χ0v) is 11.8. The summed E-state index contributed by atoms with van der Waals surface area (Å²) in [5.74, 6) is 1.79. The van der Waals surface area contributed by atoms with Crippen molar-refractivity contribution >= 4 is 6.29 Å². The predicted octanol–water partition coefficient (Wildman–Crippen LogP) is 2.11. The van der Waals surface area contributed by atoms with Gasteiger partial charge in [0.15, 0.2) is 17.8 Å². The van der Waals surface area contributed by atoms with E-state index in [4.69, 9.17) is 18.9 Å². The molecule has 0 radical (unpaired) electrons. The van der Waals surface area contributed by atoms with E-state index in [0.29, 0.717) is 34.8 Å². The van der Waals surface area contributed by atoms with Gasteiger partial charge in [0, 0.05) is 24.5 Å². The van der Waals surface area contributed by atoms with Crippen LogP contribution in [-0.2, 0) is 0 Å². The SMILES string of the molecule is COc1cc(Oc2ncc(C=O)cn2)cc(OC)c1OC. The standard InChI is InChI=1S/C14H14N2O5/c1-18-11-4-10(5-12(19-2)13(11)20-3)21-14-15-6-9(8-17)7-16-14/h4-8H,1-3H3. The molecule has 0 atom stereocenters. The number of ether oxygens (including phenoxy) is 4. The Morgan fingerprint density at radius 2 is 1.52 bits per heavy atom. The maximum atomic E-state index is 10.5. The van der Waals surface area contributed by atoms with E-state index in [1.54, 1.807) is 12.1 Å². The fraction of sp³-hybridized carbons (Fsp3) is 0.214. The molecule has 0 aliphatic carbocycles. The molecule has 0 unspecified atom stereocenters. The highest BCUT2D eigenvalue weighted by atomic mass is 16.5. The molecule has 0 aliphatic heterocycles. The summed E-state index contributed by atoms with van der Waals surface area (Å²) in [5.41, 5.74) is 0.368. The first kappa shape index (κ1) is 14.6. The number of hydrogen-bond donors (Lipinski definition) is 0. The summed E-state index contributed by atoms with van der Waals surface area (Å²) in [6.07, 6.45) is 3.39. The van der Waals surface area contributed by atoms with Crippen LogP contribution < -0.4 is 18.9 Å². The Morgan fingerprint density at radius 3 is 1.95 bits per heavy atom. The number of benzene rings is 1. The topological polar surface area (TPSA) is 79.8 Å². The van der Waals surface area contributed by atoms with E-state index in [0.717, 1.165) is 0 Å². The van der Waals surface area contributed by atoms with Crippen molar-refractivity contribution in [3.8, 4) is 29.0 Å². The van der Waals surface area contributed by atoms with E-state index in [2.05, 4.69) is 9.97 Å². The summed E-state index contributed by atoms with van der Waals surface area (Å²) in [6, 6.07) is 3.35. The second-order valence-electron chi connectivity index (χ2n) is 3.88. The quantitative estimate of drug-likeness (QED) is 0.754. The van der Waals surface area contributed by atoms with Gasteiger partial charge < -0.3 is 18.9 Å². The smallest absolute Gasteiger partial charge is 0.321 e. The van der Waals surface area contributed by atoms with Crippen molar-refractivity contribution < 1.29 is 23.7 Å². The zero-order valence-electron chi connectivity index (χ0n) is 11.8. The summed E-state index contributed by atoms with van der Waals surface area (Å²) in [6.45, 7) is 0. The Kier molecular flexibility index (Phi) is 4.55. The van der Waals surface area contributed by atoms with Gasteiger partial charge >= 0.3 is 6.01 Å². The molecule has 1 heterocycles. The van der Waals surface area contributed by atoms with Crippen molar-refractivity contribution in [1.82, 2.24) is 9.97 Å². The van der Waals surface area contributed by atoms with Gasteiger partial charge in [-0.3, -0.25) is 4.79 Å². The van der Waals surface area contributed by atoms with Crippen LogP contribution in [0.25, 0.3) is 0 Å². The average Bonchev–Trinajstić information content (AvgIpc) is 2.54. The molecule has 0 amide bonds. The van der Waals surface area contributed by atoms with Crippen molar-refractivity contribution in [1.29, 1.82) is 0 Å². The van der Waals surface area contributed by atoms with E-state index >= 15 is 0 Å². The Morgan fingerprint density at radius 1 is 0.952 bits per heavy atom. The molecule has 1 aromatic carbocycles. The molecule has 0 fully saturated rings. The fourth-order valence-electron chi connectivity index (χ4n) is 1.66. The summed E-state index contributed by atoms with van der Waals surface area (Å²) in [4.78, 5) is 18.4. The van der Waals surface area contributed by atoms with Crippen molar-refractivity contribution in [2.24, 2.45) is 0 Å². The number of aldehydes is 1. The van der Waals surface area contributed by atoms with Crippen LogP contribution in [0.4, 0.5) is 0 Å². The van der Waals surface area contributed by atoms with E-state index in [-0.39, 0.29) is 6.01 Å². The van der Waals surface area contributed by atoms with Crippen molar-refractivity contribution in [3.05, 3.63) is 30.1 Å². The number of carbonyl (C=O) groups is 1. The zero-order chi connectivity index (χ0) is 15.2. The van der Waals surface area contributed by atoms with Crippen LogP contribution >= 0.6 is 0 Å². The molecule has 0 bridgehead atoms. The number of carbonyl (C=O) groups excluding carboxylic acids is 1. The minimum absolute atomic E-state index is 0.106. The van der Waals surface area contributed by atoms with E-state index < -0.39 is 0 Å². The lowest BCUT2D eigenvalue weighted by atomic mass is 10.2. The van der Waals surface area contributed by atoms with Gasteiger partial charge in [0.05, 0.1) is 26.9 Å². The van der Waals surface area contributed by atoms with Crippen LogP contribution in [-0.4, -0.2) is 37.6 Å². The molecule has 0 saturated carbocycles. The second kappa shape index (κ2) is 6.56. The van der Waals surface area contributed by atoms with Crippen LogP contribution in [0.1, 0.15) is 10.4 Å². The van der Waals surface area contributed by atoms with Crippen molar-refractivity contribution in [2.45, 2.75) is 0 Å². The first-order chi connectivity index (χ1) is 10.2. The third-order valence-electron chi connectivity index (χ3n) is 2.63. The Labute approximate surface area is 121 Å². The van der Waals surface area contributed by atoms with Crippen molar-refractivity contribution in [3.63, 3.8) is 0 Å². The molecule has 2 aromatic rings. The molecule has 0 saturated heterocycles. The van der Waals surface area contributed by atoms with Gasteiger partial charge in [0.1, 0.15) is 5.75 Å². The van der Waals surface area contributed by atoms with E-state index in [1.807, 2.05) is 0 Å². The molecule has 21 heavy (non-hydrogen) atoms. The summed E-state index contributed by atoms with van der Waals surface area (Å²) >= 11 is 0. The highest BCUT2D eigenvalue weighted by Gasteiger charge is 2.14. The lowest BCUT2D eigenvalue weighted by Gasteiger charge is -2.13. The molecule has 7 heteroatoms. The van der Waals surface area contributed by atoms with Crippen LogP contribution in [0, 0.1) is 0 Å². The molecule has 7 nitrogen and oxygen atoms in total. The van der Waals surface area contributed by atoms with Gasteiger partial charge in [-0.05, 0) is 0 Å². The molecule has 0 aliphatic rings. The first-order valence-electron chi connectivity index (χ1n) is 5.97. The van der Waals surface area contributed by atoms with E-state index in [1.165, 1.54) is 33.7 Å². The van der Waals surface area contributed by atoms with Crippen molar-refractivity contribution in [2.75, 3.05) is 21.3 Å². The number of rotatable bonds is 6. The largest absolute Gasteiger partial charge is 0.493 e. The predicted molar refractivity (Wildman–Crippen MR) is 73.6 cm³/mol. The van der Waals surface area contributed by atoms with Crippen LogP contribution in [0.15, 0.2) is 24.5 Å². The number of hydrogen-bond acceptors (Lipinski definition) is 7. The Balaban J connectivity index is 2.32. The maximum absolute atomic E-state index is 10.5. The third kappa shape index (κ3) is 3.19. The second-order valence-corrected chi connectivity index (χ2v) is 3.88. The minimum Gasteiger partial charge on any atom is -0.493 e. The van der Waals surface area contributed by atoms with Gasteiger partial charge in [-0.1, -0.05) is 0 Å². The highest BCUT2D eigenvalue weighted by molar-refractivity contribution is 5.73. The summed E-state index contributed by atoms with van der Waals surface area (Å²) in [7, 11) is 4.54. The molecular formula is C14H14N2O5. The van der Waals surface area contributed by atoms with Crippen LogP contribution in [0.2, 0.25) is 0 Å². The average molecular weight is 290 g/mol. The normalized spacial score (nSPS) is 9.86. The highest BCUT2D eigenvalue weighted by Crippen LogP contribution is 2.41. The lowest BCUT2D eigenvalue weighted by molar-refractivity contribution is 0.112. The molecule has 0 spiro atoms. The summed E-state index contributed by atoms with van der Waals surface area (Å²) in [5, 5.41) is 0. The van der Waals surface area contributed by atoms with Gasteiger partial charge in [0.2, 0.25) is 5.75 Å². The lowest BCUT2D eigenvalue weighted by Crippen LogP contribution is -1.97. The molecule has 0 N–H and O–H groups in total. The van der Waals surface area contributed by atoms with Gasteiger partial charge in [0.25, 0.3) is 0 Å². The summed E-state index contributed by atoms with van der Waals surface area (Å²) < 4.78 is 21.2. The van der Waals surface area contributed by atoms with Gasteiger partial charge in [-0.15, -0.1) is 0 Å². The molecular weight excluding hydrogens is 276 g/mol. The van der Waals surface area contributed by atoms with Crippen LogP contribution in [0.5, 0.6) is 29.0 Å².